The summed E-state index contributed by atoms with van der Waals surface area (Å²) in [5.41, 5.74) is 0.327. The van der Waals surface area contributed by atoms with Crippen LogP contribution in [0.5, 0.6) is 5.75 Å². The molecule has 0 bridgehead atoms. The van der Waals surface area contributed by atoms with E-state index in [1.54, 1.807) is 0 Å². The Morgan fingerprint density at radius 3 is 2.78 bits per heavy atom. The molecule has 0 spiro atoms. The van der Waals surface area contributed by atoms with E-state index in [0.29, 0.717) is 18.5 Å². The molecule has 0 fully saturated rings. The number of ether oxygens (including phenoxy) is 1. The van der Waals surface area contributed by atoms with Crippen molar-refractivity contribution in [1.29, 1.82) is 0 Å². The molecule has 1 aromatic rings. The van der Waals surface area contributed by atoms with Crippen molar-refractivity contribution < 1.29 is 18.3 Å². The molecule has 0 aliphatic carbocycles. The van der Waals surface area contributed by atoms with Gasteiger partial charge in [0.05, 0.1) is 7.11 Å². The first-order chi connectivity index (χ1) is 8.54. The summed E-state index contributed by atoms with van der Waals surface area (Å²) in [5.74, 6) is 3.08. The van der Waals surface area contributed by atoms with Crippen LogP contribution in [0.3, 0.4) is 0 Å². The lowest BCUT2D eigenvalue weighted by Crippen LogP contribution is -2.20. The van der Waals surface area contributed by atoms with Gasteiger partial charge in [-0.05, 0) is 12.1 Å². The zero-order chi connectivity index (χ0) is 13.5. The predicted molar refractivity (Wildman–Crippen MR) is 63.1 cm³/mol. The van der Waals surface area contributed by atoms with Gasteiger partial charge in [0.25, 0.3) is 0 Å². The molecule has 0 radical (unpaired) electrons. The fourth-order valence-electron chi connectivity index (χ4n) is 1.25. The summed E-state index contributed by atoms with van der Waals surface area (Å²) in [7, 11) is 1.26. The highest BCUT2D eigenvalue weighted by molar-refractivity contribution is 5.72. The standard InChI is InChI=1S/C13H13F2NO2/c1-9(17)16-6-4-3-5-10-7-11(14)13(15)12(8-10)18-2/h7-8H,4,6H2,1-2H3,(H,16,17). The third kappa shape index (κ3) is 4.06. The highest BCUT2D eigenvalue weighted by atomic mass is 19.2. The molecule has 0 aliphatic heterocycles. The Labute approximate surface area is 104 Å². The van der Waals surface area contributed by atoms with Crippen molar-refractivity contribution >= 4 is 5.91 Å². The van der Waals surface area contributed by atoms with Crippen LogP contribution in [0.15, 0.2) is 12.1 Å². The Kier molecular flexibility index (Phi) is 5.12. The Bertz CT molecular complexity index is 504. The number of rotatable bonds is 3. The van der Waals surface area contributed by atoms with Crippen LogP contribution in [0.1, 0.15) is 18.9 Å². The van der Waals surface area contributed by atoms with Crippen LogP contribution in [-0.4, -0.2) is 19.6 Å². The van der Waals surface area contributed by atoms with Crippen molar-refractivity contribution in [1.82, 2.24) is 5.32 Å². The van der Waals surface area contributed by atoms with Crippen molar-refractivity contribution in [3.63, 3.8) is 0 Å². The Balaban J connectivity index is 2.70. The van der Waals surface area contributed by atoms with Gasteiger partial charge in [0.2, 0.25) is 11.7 Å². The second kappa shape index (κ2) is 6.60. The first-order valence-electron chi connectivity index (χ1n) is 5.31. The van der Waals surface area contributed by atoms with Crippen molar-refractivity contribution in [2.45, 2.75) is 13.3 Å². The summed E-state index contributed by atoms with van der Waals surface area (Å²) in [5, 5.41) is 2.57. The van der Waals surface area contributed by atoms with E-state index in [-0.39, 0.29) is 11.7 Å². The molecule has 1 N–H and O–H groups in total. The molecule has 0 heterocycles. The van der Waals surface area contributed by atoms with E-state index in [1.165, 1.54) is 20.1 Å². The van der Waals surface area contributed by atoms with E-state index in [9.17, 15) is 13.6 Å². The van der Waals surface area contributed by atoms with Gasteiger partial charge in [-0.3, -0.25) is 4.79 Å². The molecule has 1 rings (SSSR count). The number of hydrogen-bond acceptors (Lipinski definition) is 2. The minimum Gasteiger partial charge on any atom is -0.494 e. The average molecular weight is 253 g/mol. The number of benzene rings is 1. The van der Waals surface area contributed by atoms with Crippen LogP contribution < -0.4 is 10.1 Å². The van der Waals surface area contributed by atoms with Gasteiger partial charge in [-0.15, -0.1) is 0 Å². The SMILES string of the molecule is COc1cc(C#CCCNC(C)=O)cc(F)c1F. The topological polar surface area (TPSA) is 38.3 Å². The van der Waals surface area contributed by atoms with Crippen LogP contribution in [-0.2, 0) is 4.79 Å². The summed E-state index contributed by atoms with van der Waals surface area (Å²) in [6.45, 7) is 1.83. The molecule has 0 saturated heterocycles. The molecule has 0 saturated carbocycles. The summed E-state index contributed by atoms with van der Waals surface area (Å²) in [6, 6.07) is 2.33. The number of carbonyl (C=O) groups excluding carboxylic acids is 1. The third-order valence-electron chi connectivity index (χ3n) is 2.07. The van der Waals surface area contributed by atoms with Gasteiger partial charge < -0.3 is 10.1 Å². The van der Waals surface area contributed by atoms with Gasteiger partial charge in [0.1, 0.15) is 0 Å². The Hall–Kier alpha value is -2.09. The van der Waals surface area contributed by atoms with Crippen LogP contribution >= 0.6 is 0 Å². The van der Waals surface area contributed by atoms with Crippen molar-refractivity contribution in [2.75, 3.05) is 13.7 Å². The van der Waals surface area contributed by atoms with Gasteiger partial charge in [-0.2, -0.15) is 4.39 Å². The number of methoxy groups -OCH3 is 1. The first-order valence-corrected chi connectivity index (χ1v) is 5.31. The summed E-state index contributed by atoms with van der Waals surface area (Å²) in [6.07, 6.45) is 0.431. The van der Waals surface area contributed by atoms with Gasteiger partial charge in [0, 0.05) is 25.5 Å². The van der Waals surface area contributed by atoms with Gasteiger partial charge in [-0.25, -0.2) is 4.39 Å². The van der Waals surface area contributed by atoms with E-state index in [2.05, 4.69) is 21.9 Å². The molecule has 0 unspecified atom stereocenters. The molecular weight excluding hydrogens is 240 g/mol. The van der Waals surface area contributed by atoms with Crippen molar-refractivity contribution in [3.05, 3.63) is 29.3 Å². The normalized spacial score (nSPS) is 9.33. The summed E-state index contributed by atoms with van der Waals surface area (Å²) in [4.78, 5) is 10.6. The molecule has 0 aromatic heterocycles. The molecule has 18 heavy (non-hydrogen) atoms. The minimum absolute atomic E-state index is 0.133. The monoisotopic (exact) mass is 253 g/mol. The molecule has 0 atom stereocenters. The molecular formula is C13H13F2NO2. The molecule has 0 aliphatic rings. The molecule has 5 heteroatoms. The maximum absolute atomic E-state index is 13.1. The molecule has 1 aromatic carbocycles. The number of amides is 1. The maximum atomic E-state index is 13.1. The van der Waals surface area contributed by atoms with Gasteiger partial charge >= 0.3 is 0 Å². The lowest BCUT2D eigenvalue weighted by atomic mass is 10.2. The predicted octanol–water partition coefficient (Wildman–Crippen LogP) is 1.85. The molecule has 96 valence electrons. The highest BCUT2D eigenvalue weighted by Gasteiger charge is 2.09. The highest BCUT2D eigenvalue weighted by Crippen LogP contribution is 2.21. The largest absolute Gasteiger partial charge is 0.494 e. The van der Waals surface area contributed by atoms with Crippen LogP contribution in [0.4, 0.5) is 8.78 Å². The number of hydrogen-bond donors (Lipinski definition) is 1. The van der Waals surface area contributed by atoms with E-state index >= 15 is 0 Å². The number of nitrogens with one attached hydrogen (secondary N) is 1. The van der Waals surface area contributed by atoms with Crippen molar-refractivity contribution in [3.8, 4) is 17.6 Å². The fourth-order valence-corrected chi connectivity index (χ4v) is 1.25. The van der Waals surface area contributed by atoms with Crippen LogP contribution in [0.25, 0.3) is 0 Å². The maximum Gasteiger partial charge on any atom is 0.216 e. The van der Waals surface area contributed by atoms with Crippen molar-refractivity contribution in [2.24, 2.45) is 0 Å². The Morgan fingerprint density at radius 1 is 1.44 bits per heavy atom. The minimum atomic E-state index is -1.03. The second-order valence-corrected chi connectivity index (χ2v) is 3.51. The van der Waals surface area contributed by atoms with E-state index in [0.717, 1.165) is 6.07 Å². The van der Waals surface area contributed by atoms with Gasteiger partial charge in [-0.1, -0.05) is 11.8 Å². The van der Waals surface area contributed by atoms with Crippen LogP contribution in [0.2, 0.25) is 0 Å². The third-order valence-corrected chi connectivity index (χ3v) is 2.07. The summed E-state index contributed by atoms with van der Waals surface area (Å²) < 4.78 is 30.9. The zero-order valence-electron chi connectivity index (χ0n) is 10.1. The second-order valence-electron chi connectivity index (χ2n) is 3.51. The average Bonchev–Trinajstić information content (AvgIpc) is 2.32. The first kappa shape index (κ1) is 14.0. The zero-order valence-corrected chi connectivity index (χ0v) is 10.1. The Morgan fingerprint density at radius 2 is 2.17 bits per heavy atom. The molecule has 1 amide bonds. The van der Waals surface area contributed by atoms with Crippen LogP contribution in [0, 0.1) is 23.5 Å². The van der Waals surface area contributed by atoms with E-state index in [4.69, 9.17) is 0 Å². The lowest BCUT2D eigenvalue weighted by molar-refractivity contribution is -0.118. The van der Waals surface area contributed by atoms with E-state index in [1.807, 2.05) is 0 Å². The molecule has 3 nitrogen and oxygen atoms in total. The van der Waals surface area contributed by atoms with E-state index < -0.39 is 11.6 Å². The fraction of sp³-hybridized carbons (Fsp3) is 0.308. The quantitative estimate of drug-likeness (QED) is 0.659. The van der Waals surface area contributed by atoms with Gasteiger partial charge in [0.15, 0.2) is 11.6 Å². The number of halogens is 2. The smallest absolute Gasteiger partial charge is 0.216 e. The summed E-state index contributed by atoms with van der Waals surface area (Å²) >= 11 is 0. The number of carbonyl (C=O) groups is 1. The lowest BCUT2D eigenvalue weighted by Gasteiger charge is -2.02.